The number of ketones is 1. The Labute approximate surface area is 196 Å². The summed E-state index contributed by atoms with van der Waals surface area (Å²) >= 11 is 6.41. The van der Waals surface area contributed by atoms with Gasteiger partial charge >= 0.3 is 6.18 Å². The standard InChI is InChI=1S/C24H27ClF3N3O2/c25-20-10-11-21-19(9-6-15(12-30-21)23(32)24(26,27)28)22(20)31-13-16-7-8-18(14-29-16)33-17-4-2-1-3-5-17/h7-8,10-11,14-15,17,30-31H,1-6,9,12-13H2. The summed E-state index contributed by atoms with van der Waals surface area (Å²) in [4.78, 5) is 16.2. The third-order valence-electron chi connectivity index (χ3n) is 6.29. The van der Waals surface area contributed by atoms with Crippen molar-refractivity contribution in [2.45, 2.75) is 63.8 Å². The summed E-state index contributed by atoms with van der Waals surface area (Å²) in [6.45, 7) is 0.335. The lowest BCUT2D eigenvalue weighted by molar-refractivity contribution is -0.175. The predicted molar refractivity (Wildman–Crippen MR) is 122 cm³/mol. The molecule has 1 saturated carbocycles. The second-order valence-electron chi connectivity index (χ2n) is 8.64. The fourth-order valence-electron chi connectivity index (χ4n) is 4.48. The van der Waals surface area contributed by atoms with Crippen LogP contribution in [0.15, 0.2) is 30.5 Å². The van der Waals surface area contributed by atoms with E-state index in [0.29, 0.717) is 29.4 Å². The van der Waals surface area contributed by atoms with Crippen molar-refractivity contribution in [1.29, 1.82) is 0 Å². The van der Waals surface area contributed by atoms with Crippen molar-refractivity contribution in [3.63, 3.8) is 0 Å². The first kappa shape index (κ1) is 23.7. The van der Waals surface area contributed by atoms with E-state index in [9.17, 15) is 18.0 Å². The van der Waals surface area contributed by atoms with Crippen LogP contribution in [0.4, 0.5) is 24.5 Å². The van der Waals surface area contributed by atoms with Gasteiger partial charge in [0.25, 0.3) is 0 Å². The summed E-state index contributed by atoms with van der Waals surface area (Å²) in [5.41, 5.74) is 2.89. The summed E-state index contributed by atoms with van der Waals surface area (Å²) in [6, 6.07) is 7.21. The molecule has 1 aromatic heterocycles. The maximum atomic E-state index is 12.9. The lowest BCUT2D eigenvalue weighted by Crippen LogP contribution is -2.34. The highest BCUT2D eigenvalue weighted by molar-refractivity contribution is 6.33. The highest BCUT2D eigenvalue weighted by Gasteiger charge is 2.43. The third-order valence-corrected chi connectivity index (χ3v) is 6.61. The molecule has 5 nitrogen and oxygen atoms in total. The van der Waals surface area contributed by atoms with Crippen LogP contribution >= 0.6 is 11.6 Å². The summed E-state index contributed by atoms with van der Waals surface area (Å²) in [7, 11) is 0. The maximum absolute atomic E-state index is 12.9. The number of nitrogens with one attached hydrogen (secondary N) is 2. The zero-order valence-electron chi connectivity index (χ0n) is 18.2. The Morgan fingerprint density at radius 1 is 1.15 bits per heavy atom. The number of hydrogen-bond donors (Lipinski definition) is 2. The molecule has 2 N–H and O–H groups in total. The van der Waals surface area contributed by atoms with Gasteiger partial charge in [-0.05, 0) is 68.4 Å². The van der Waals surface area contributed by atoms with Gasteiger partial charge in [-0.25, -0.2) is 0 Å². The Morgan fingerprint density at radius 3 is 2.64 bits per heavy atom. The number of halogens is 4. The molecular weight excluding hydrogens is 455 g/mol. The van der Waals surface area contributed by atoms with E-state index in [-0.39, 0.29) is 19.1 Å². The van der Waals surface area contributed by atoms with Crippen LogP contribution in [0.3, 0.4) is 0 Å². The van der Waals surface area contributed by atoms with Gasteiger partial charge < -0.3 is 15.4 Å². The summed E-state index contributed by atoms with van der Waals surface area (Å²) in [6.07, 6.45) is 3.35. The molecule has 0 spiro atoms. The molecule has 2 aromatic rings. The second-order valence-corrected chi connectivity index (χ2v) is 9.05. The van der Waals surface area contributed by atoms with E-state index in [1.54, 1.807) is 18.3 Å². The number of carbonyl (C=O) groups excluding carboxylic acids is 1. The van der Waals surface area contributed by atoms with Crippen molar-refractivity contribution >= 4 is 28.8 Å². The molecule has 9 heteroatoms. The van der Waals surface area contributed by atoms with Crippen LogP contribution < -0.4 is 15.4 Å². The topological polar surface area (TPSA) is 63.2 Å². The molecule has 1 atom stereocenters. The van der Waals surface area contributed by atoms with Crippen LogP contribution in [-0.2, 0) is 17.8 Å². The molecule has 0 saturated heterocycles. The van der Waals surface area contributed by atoms with Crippen LogP contribution in [-0.4, -0.2) is 29.6 Å². The van der Waals surface area contributed by atoms with Gasteiger partial charge in [-0.1, -0.05) is 18.0 Å². The fraction of sp³-hybridized carbons (Fsp3) is 0.500. The van der Waals surface area contributed by atoms with Gasteiger partial charge in [-0.3, -0.25) is 9.78 Å². The molecule has 178 valence electrons. The molecule has 1 aromatic carbocycles. The van der Waals surface area contributed by atoms with Crippen molar-refractivity contribution in [3.05, 3.63) is 46.7 Å². The third kappa shape index (κ3) is 5.91. The molecule has 4 rings (SSSR count). The normalized spacial score (nSPS) is 19.2. The van der Waals surface area contributed by atoms with Crippen molar-refractivity contribution in [2.24, 2.45) is 5.92 Å². The van der Waals surface area contributed by atoms with E-state index >= 15 is 0 Å². The number of Topliss-reactive ketones (excluding diaryl/α,β-unsaturated/α-hetero) is 1. The van der Waals surface area contributed by atoms with Crippen molar-refractivity contribution in [2.75, 3.05) is 17.2 Å². The van der Waals surface area contributed by atoms with Crippen LogP contribution in [0.2, 0.25) is 5.02 Å². The number of carbonyl (C=O) groups is 1. The fourth-order valence-corrected chi connectivity index (χ4v) is 4.73. The average Bonchev–Trinajstić information content (AvgIpc) is 3.02. The zero-order chi connectivity index (χ0) is 23.4. The molecule has 1 unspecified atom stereocenters. The van der Waals surface area contributed by atoms with Crippen LogP contribution in [0.5, 0.6) is 5.75 Å². The Morgan fingerprint density at radius 2 is 1.94 bits per heavy atom. The number of aromatic nitrogens is 1. The molecular formula is C24H27ClF3N3O2. The van der Waals surface area contributed by atoms with Gasteiger partial charge in [0.2, 0.25) is 5.78 Å². The maximum Gasteiger partial charge on any atom is 0.450 e. The molecule has 0 bridgehead atoms. The Bertz CT molecular complexity index is 976. The van der Waals surface area contributed by atoms with Gasteiger partial charge in [-0.2, -0.15) is 13.2 Å². The number of ether oxygens (including phenoxy) is 1. The molecule has 2 heterocycles. The molecule has 1 fully saturated rings. The minimum absolute atomic E-state index is 0.0591. The van der Waals surface area contributed by atoms with Crippen LogP contribution in [0.25, 0.3) is 0 Å². The minimum Gasteiger partial charge on any atom is -0.489 e. The Hall–Kier alpha value is -2.48. The van der Waals surface area contributed by atoms with E-state index in [0.717, 1.165) is 29.8 Å². The van der Waals surface area contributed by atoms with Gasteiger partial charge in [0, 0.05) is 18.2 Å². The zero-order valence-corrected chi connectivity index (χ0v) is 18.9. The first-order chi connectivity index (χ1) is 15.8. The van der Waals surface area contributed by atoms with Crippen molar-refractivity contribution in [3.8, 4) is 5.75 Å². The Balaban J connectivity index is 1.41. The van der Waals surface area contributed by atoms with Gasteiger partial charge in [0.05, 0.1) is 35.2 Å². The Kier molecular flexibility index (Phi) is 7.32. The summed E-state index contributed by atoms with van der Waals surface area (Å²) in [5, 5.41) is 6.73. The van der Waals surface area contributed by atoms with Crippen molar-refractivity contribution < 1.29 is 22.7 Å². The number of rotatable bonds is 6. The molecule has 0 radical (unpaired) electrons. The number of alkyl halides is 3. The molecule has 33 heavy (non-hydrogen) atoms. The number of nitrogens with zero attached hydrogens (tertiary/aromatic N) is 1. The number of hydrogen-bond acceptors (Lipinski definition) is 5. The largest absolute Gasteiger partial charge is 0.489 e. The molecule has 1 aliphatic heterocycles. The monoisotopic (exact) mass is 481 g/mol. The van der Waals surface area contributed by atoms with Crippen LogP contribution in [0.1, 0.15) is 49.8 Å². The number of benzene rings is 1. The lowest BCUT2D eigenvalue weighted by Gasteiger charge is -2.22. The number of fused-ring (bicyclic) bond motifs is 1. The van der Waals surface area contributed by atoms with E-state index in [1.807, 2.05) is 12.1 Å². The predicted octanol–water partition coefficient (Wildman–Crippen LogP) is 6.16. The summed E-state index contributed by atoms with van der Waals surface area (Å²) < 4.78 is 44.7. The summed E-state index contributed by atoms with van der Waals surface area (Å²) in [5.74, 6) is -2.06. The minimum atomic E-state index is -4.83. The highest BCUT2D eigenvalue weighted by atomic mass is 35.5. The van der Waals surface area contributed by atoms with E-state index in [1.165, 1.54) is 19.3 Å². The van der Waals surface area contributed by atoms with Gasteiger partial charge in [-0.15, -0.1) is 0 Å². The van der Waals surface area contributed by atoms with E-state index in [2.05, 4.69) is 15.6 Å². The highest BCUT2D eigenvalue weighted by Crippen LogP contribution is 2.37. The quantitative estimate of drug-likeness (QED) is 0.517. The number of pyridine rings is 1. The van der Waals surface area contributed by atoms with E-state index < -0.39 is 17.9 Å². The second kappa shape index (κ2) is 10.2. The first-order valence-corrected chi connectivity index (χ1v) is 11.7. The molecule has 0 amide bonds. The SMILES string of the molecule is O=C(C1CCc2c(ccc(Cl)c2NCc2ccc(OC3CCCCC3)cn2)NC1)C(F)(F)F. The first-order valence-electron chi connectivity index (χ1n) is 11.3. The van der Waals surface area contributed by atoms with Gasteiger partial charge in [0.15, 0.2) is 0 Å². The van der Waals surface area contributed by atoms with Gasteiger partial charge in [0.1, 0.15) is 5.75 Å². The smallest absolute Gasteiger partial charge is 0.450 e. The number of anilines is 2. The van der Waals surface area contributed by atoms with Crippen molar-refractivity contribution in [1.82, 2.24) is 4.98 Å². The average molecular weight is 482 g/mol. The van der Waals surface area contributed by atoms with Crippen LogP contribution in [0, 0.1) is 5.92 Å². The molecule has 1 aliphatic carbocycles. The van der Waals surface area contributed by atoms with E-state index in [4.69, 9.17) is 16.3 Å². The molecule has 2 aliphatic rings. The lowest BCUT2D eigenvalue weighted by atomic mass is 9.96.